The molecule has 0 spiro atoms. The fourth-order valence-electron chi connectivity index (χ4n) is 1.70. The first kappa shape index (κ1) is 16.1. The molecule has 0 saturated carbocycles. The number of benzene rings is 1. The molecule has 0 radical (unpaired) electrons. The topological polar surface area (TPSA) is 52.6 Å². The molecule has 1 rings (SSSR count). The van der Waals surface area contributed by atoms with Crippen LogP contribution in [0.1, 0.15) is 18.8 Å². The van der Waals surface area contributed by atoms with Gasteiger partial charge in [0.2, 0.25) is 6.30 Å². The van der Waals surface area contributed by atoms with Crippen LogP contribution in [-0.2, 0) is 0 Å². The molecule has 0 fully saturated rings. The number of alkyl halides is 2. The summed E-state index contributed by atoms with van der Waals surface area (Å²) in [6.07, 6.45) is -3.41. The summed E-state index contributed by atoms with van der Waals surface area (Å²) in [7, 11) is 0. The number of hydrogen-bond donors (Lipinski definition) is 2. The van der Waals surface area contributed by atoms with Crippen molar-refractivity contribution in [2.45, 2.75) is 18.8 Å². The zero-order valence-electron chi connectivity index (χ0n) is 10.3. The molecule has 0 bridgehead atoms. The van der Waals surface area contributed by atoms with Crippen molar-refractivity contribution >= 4 is 29.0 Å². The highest BCUT2D eigenvalue weighted by Crippen LogP contribution is 2.30. The van der Waals surface area contributed by atoms with Crippen LogP contribution in [0.4, 0.5) is 13.6 Å². The SMILES string of the molecule is CC(CF)(CNI)N(C(=O)O)C(F)c1ccccc1. The average Bonchev–Trinajstić information content (AvgIpc) is 2.39. The highest BCUT2D eigenvalue weighted by Gasteiger charge is 2.41. The molecule has 0 aliphatic heterocycles. The predicted molar refractivity (Wildman–Crippen MR) is 76.6 cm³/mol. The quantitative estimate of drug-likeness (QED) is 0.450. The van der Waals surface area contributed by atoms with Crippen molar-refractivity contribution in [2.75, 3.05) is 13.2 Å². The number of nitrogens with one attached hydrogen (secondary N) is 1. The van der Waals surface area contributed by atoms with Crippen LogP contribution in [0.15, 0.2) is 30.3 Å². The monoisotopic (exact) mass is 384 g/mol. The molecule has 1 aromatic carbocycles. The Balaban J connectivity index is 3.10. The molecule has 2 atom stereocenters. The first-order valence-corrected chi connectivity index (χ1v) is 6.65. The Hall–Kier alpha value is -0.960. The van der Waals surface area contributed by atoms with Gasteiger partial charge < -0.3 is 5.11 Å². The lowest BCUT2D eigenvalue weighted by atomic mass is 10.0. The molecule has 2 N–H and O–H groups in total. The summed E-state index contributed by atoms with van der Waals surface area (Å²) >= 11 is 1.77. The van der Waals surface area contributed by atoms with Gasteiger partial charge in [0.25, 0.3) is 0 Å². The summed E-state index contributed by atoms with van der Waals surface area (Å²) in [5.41, 5.74) is -1.29. The van der Waals surface area contributed by atoms with Crippen LogP contribution in [0, 0.1) is 0 Å². The molecule has 0 heterocycles. The van der Waals surface area contributed by atoms with E-state index in [0.717, 1.165) is 0 Å². The maximum Gasteiger partial charge on any atom is 0.410 e. The van der Waals surface area contributed by atoms with E-state index in [0.29, 0.717) is 4.90 Å². The number of amides is 1. The normalized spacial score (nSPS) is 15.6. The molecule has 106 valence electrons. The van der Waals surface area contributed by atoms with Crippen molar-refractivity contribution in [3.8, 4) is 0 Å². The summed E-state index contributed by atoms with van der Waals surface area (Å²) in [5, 5.41) is 9.19. The smallest absolute Gasteiger partial charge is 0.410 e. The third-order valence-electron chi connectivity index (χ3n) is 2.82. The van der Waals surface area contributed by atoms with Gasteiger partial charge in [0.05, 0.1) is 5.54 Å². The Kier molecular flexibility index (Phi) is 5.92. The van der Waals surface area contributed by atoms with E-state index in [4.69, 9.17) is 0 Å². The molecule has 19 heavy (non-hydrogen) atoms. The molecular weight excluding hydrogens is 369 g/mol. The van der Waals surface area contributed by atoms with E-state index in [1.54, 1.807) is 41.1 Å². The summed E-state index contributed by atoms with van der Waals surface area (Å²) in [4.78, 5) is 11.8. The van der Waals surface area contributed by atoms with E-state index < -0.39 is 24.6 Å². The molecular formula is C12H15F2IN2O2. The van der Waals surface area contributed by atoms with Gasteiger partial charge in [0, 0.05) is 35.0 Å². The second-order valence-electron chi connectivity index (χ2n) is 4.34. The standard InChI is InChI=1S/C12H15F2IN2O2/c1-12(7-13,8-16-15)17(11(18)19)10(14)9-5-3-2-4-6-9/h2-6,10,16H,7-8H2,1H3,(H,18,19). The van der Waals surface area contributed by atoms with Gasteiger partial charge in [-0.1, -0.05) is 30.3 Å². The molecule has 1 amide bonds. The van der Waals surface area contributed by atoms with E-state index in [-0.39, 0.29) is 12.1 Å². The third-order valence-corrected chi connectivity index (χ3v) is 3.21. The van der Waals surface area contributed by atoms with Gasteiger partial charge >= 0.3 is 6.09 Å². The van der Waals surface area contributed by atoms with Crippen LogP contribution in [0.3, 0.4) is 0 Å². The third kappa shape index (κ3) is 3.75. The molecule has 0 saturated heterocycles. The zero-order chi connectivity index (χ0) is 14.5. The predicted octanol–water partition coefficient (Wildman–Crippen LogP) is 3.30. The van der Waals surface area contributed by atoms with Crippen molar-refractivity contribution in [3.05, 3.63) is 35.9 Å². The Bertz CT molecular complexity index is 421. The molecule has 0 aliphatic rings. The lowest BCUT2D eigenvalue weighted by Gasteiger charge is -2.39. The van der Waals surface area contributed by atoms with E-state index >= 15 is 0 Å². The first-order valence-electron chi connectivity index (χ1n) is 5.57. The second-order valence-corrected chi connectivity index (χ2v) is 5.10. The Labute approximate surface area is 124 Å². The summed E-state index contributed by atoms with van der Waals surface area (Å²) in [5.74, 6) is 0. The molecule has 4 nitrogen and oxygen atoms in total. The van der Waals surface area contributed by atoms with Crippen LogP contribution >= 0.6 is 22.9 Å². The van der Waals surface area contributed by atoms with Crippen molar-refractivity contribution in [1.82, 2.24) is 8.43 Å². The Morgan fingerprint density at radius 3 is 2.53 bits per heavy atom. The molecule has 7 heteroatoms. The first-order chi connectivity index (χ1) is 8.96. The van der Waals surface area contributed by atoms with Crippen molar-refractivity contribution in [3.63, 3.8) is 0 Å². The van der Waals surface area contributed by atoms with Crippen molar-refractivity contribution in [2.24, 2.45) is 0 Å². The van der Waals surface area contributed by atoms with Gasteiger partial charge in [0.1, 0.15) is 6.67 Å². The van der Waals surface area contributed by atoms with Crippen LogP contribution in [0.2, 0.25) is 0 Å². The minimum Gasteiger partial charge on any atom is -0.465 e. The maximum absolute atomic E-state index is 14.4. The molecule has 0 aromatic heterocycles. The number of halogens is 3. The van der Waals surface area contributed by atoms with E-state index in [1.165, 1.54) is 19.1 Å². The summed E-state index contributed by atoms with van der Waals surface area (Å²) in [6.45, 7) is 0.383. The number of hydrogen-bond acceptors (Lipinski definition) is 2. The van der Waals surface area contributed by atoms with E-state index in [1.807, 2.05) is 0 Å². The highest BCUT2D eigenvalue weighted by molar-refractivity contribution is 14.1. The van der Waals surface area contributed by atoms with Gasteiger partial charge in [-0.05, 0) is 6.92 Å². The second kappa shape index (κ2) is 6.99. The number of nitrogens with zero attached hydrogens (tertiary/aromatic N) is 1. The minimum atomic E-state index is -1.91. The fourth-order valence-corrected chi connectivity index (χ4v) is 2.52. The Morgan fingerprint density at radius 1 is 1.53 bits per heavy atom. The summed E-state index contributed by atoms with van der Waals surface area (Å²) in [6, 6.07) is 7.84. The van der Waals surface area contributed by atoms with Crippen LogP contribution < -0.4 is 3.53 Å². The largest absolute Gasteiger partial charge is 0.465 e. The van der Waals surface area contributed by atoms with Gasteiger partial charge in [0.15, 0.2) is 0 Å². The maximum atomic E-state index is 14.4. The molecule has 0 aliphatic carbocycles. The van der Waals surface area contributed by atoms with Crippen LogP contribution in [-0.4, -0.2) is 34.9 Å². The lowest BCUT2D eigenvalue weighted by Crippen LogP contribution is -2.56. The van der Waals surface area contributed by atoms with Crippen LogP contribution in [0.5, 0.6) is 0 Å². The van der Waals surface area contributed by atoms with Crippen molar-refractivity contribution < 1.29 is 18.7 Å². The van der Waals surface area contributed by atoms with E-state index in [9.17, 15) is 18.7 Å². The van der Waals surface area contributed by atoms with E-state index in [2.05, 4.69) is 3.53 Å². The molecule has 2 unspecified atom stereocenters. The van der Waals surface area contributed by atoms with Gasteiger partial charge in [-0.3, -0.25) is 8.43 Å². The number of carbonyl (C=O) groups is 1. The molecule has 1 aromatic rings. The van der Waals surface area contributed by atoms with Gasteiger partial charge in [-0.25, -0.2) is 13.6 Å². The highest BCUT2D eigenvalue weighted by atomic mass is 127. The minimum absolute atomic E-state index is 0.00358. The zero-order valence-corrected chi connectivity index (χ0v) is 12.5. The average molecular weight is 384 g/mol. The summed E-state index contributed by atoms with van der Waals surface area (Å²) < 4.78 is 30.3. The number of carboxylic acid groups (broad SMARTS) is 1. The van der Waals surface area contributed by atoms with Crippen molar-refractivity contribution in [1.29, 1.82) is 0 Å². The number of rotatable bonds is 6. The lowest BCUT2D eigenvalue weighted by molar-refractivity contribution is -0.00779. The van der Waals surface area contributed by atoms with Crippen LogP contribution in [0.25, 0.3) is 0 Å². The van der Waals surface area contributed by atoms with Gasteiger partial charge in [-0.2, -0.15) is 0 Å². The fraction of sp³-hybridized carbons (Fsp3) is 0.417. The Morgan fingerprint density at radius 2 is 2.11 bits per heavy atom. The van der Waals surface area contributed by atoms with Gasteiger partial charge in [-0.15, -0.1) is 0 Å².